The highest BCUT2D eigenvalue weighted by Crippen LogP contribution is 2.22. The van der Waals surface area contributed by atoms with Gasteiger partial charge in [0.2, 0.25) is 0 Å². The van der Waals surface area contributed by atoms with Crippen LogP contribution in [0.25, 0.3) is 0 Å². The molecule has 1 fully saturated rings. The van der Waals surface area contributed by atoms with Crippen LogP contribution in [0.4, 0.5) is 4.39 Å². The van der Waals surface area contributed by atoms with Gasteiger partial charge in [0.1, 0.15) is 5.82 Å². The summed E-state index contributed by atoms with van der Waals surface area (Å²) in [5.41, 5.74) is 2.10. The number of aliphatic imine (C=N–C) groups is 1. The molecule has 2 aromatic rings. The summed E-state index contributed by atoms with van der Waals surface area (Å²) in [6.07, 6.45) is 0. The summed E-state index contributed by atoms with van der Waals surface area (Å²) < 4.78 is 18.9. The van der Waals surface area contributed by atoms with Gasteiger partial charge in [-0.2, -0.15) is 0 Å². The van der Waals surface area contributed by atoms with Gasteiger partial charge in [-0.3, -0.25) is 9.89 Å². The summed E-state index contributed by atoms with van der Waals surface area (Å²) in [7, 11) is 1.76. The Kier molecular flexibility index (Phi) is 7.97. The first-order chi connectivity index (χ1) is 14.1. The zero-order valence-corrected chi connectivity index (χ0v) is 18.1. The molecular weight excluding hydrogens is 389 g/mol. The number of hydrogen-bond acceptors (Lipinski definition) is 5. The van der Waals surface area contributed by atoms with E-state index in [1.807, 2.05) is 12.1 Å². The molecule has 0 aliphatic carbocycles. The number of hydrogen-bond donors (Lipinski definition) is 2. The number of nitrogens with one attached hydrogen (secondary N) is 2. The highest BCUT2D eigenvalue weighted by molar-refractivity contribution is 7.09. The predicted molar refractivity (Wildman–Crippen MR) is 116 cm³/mol. The second kappa shape index (κ2) is 10.7. The van der Waals surface area contributed by atoms with Crippen molar-refractivity contribution in [1.29, 1.82) is 0 Å². The standard InChI is InChI=1S/C21H30FN5OS/c1-15(2)20-26-18(14-29-20)12-24-21(23-3)25-13-19(27-8-10-28-11-9-27)16-4-6-17(22)7-5-16/h4-7,14-15,19H,8-13H2,1-3H3,(H2,23,24,25). The molecule has 0 radical (unpaired) electrons. The molecule has 1 aliphatic rings. The molecule has 2 heterocycles. The Balaban J connectivity index is 1.60. The van der Waals surface area contributed by atoms with Gasteiger partial charge >= 0.3 is 0 Å². The molecule has 1 aromatic heterocycles. The van der Waals surface area contributed by atoms with Gasteiger partial charge in [-0.1, -0.05) is 26.0 Å². The summed E-state index contributed by atoms with van der Waals surface area (Å²) in [4.78, 5) is 11.4. The average molecular weight is 420 g/mol. The first-order valence-corrected chi connectivity index (χ1v) is 10.9. The third-order valence-electron chi connectivity index (χ3n) is 4.93. The maximum atomic E-state index is 13.4. The zero-order chi connectivity index (χ0) is 20.6. The highest BCUT2D eigenvalue weighted by Gasteiger charge is 2.23. The van der Waals surface area contributed by atoms with Gasteiger partial charge in [0.15, 0.2) is 5.96 Å². The number of nitrogens with zero attached hydrogens (tertiary/aromatic N) is 3. The third-order valence-corrected chi connectivity index (χ3v) is 6.12. The lowest BCUT2D eigenvalue weighted by atomic mass is 10.0. The number of rotatable bonds is 7. The fourth-order valence-electron chi connectivity index (χ4n) is 3.29. The Morgan fingerprint density at radius 1 is 1.24 bits per heavy atom. The Labute approximate surface area is 176 Å². The molecule has 29 heavy (non-hydrogen) atoms. The Bertz CT molecular complexity index is 787. The van der Waals surface area contributed by atoms with Crippen molar-refractivity contribution >= 4 is 17.3 Å². The van der Waals surface area contributed by atoms with Crippen LogP contribution in [0.15, 0.2) is 34.6 Å². The van der Waals surface area contributed by atoms with E-state index in [0.29, 0.717) is 32.2 Å². The first kappa shape index (κ1) is 21.7. The van der Waals surface area contributed by atoms with Crippen LogP contribution in [0, 0.1) is 5.82 Å². The molecule has 0 saturated carbocycles. The van der Waals surface area contributed by atoms with Crippen molar-refractivity contribution in [3.05, 3.63) is 51.7 Å². The Hall–Kier alpha value is -2.03. The number of thiazole rings is 1. The van der Waals surface area contributed by atoms with E-state index in [1.54, 1.807) is 18.4 Å². The van der Waals surface area contributed by atoms with Crippen LogP contribution >= 0.6 is 11.3 Å². The van der Waals surface area contributed by atoms with Crippen LogP contribution in [0.2, 0.25) is 0 Å². The summed E-state index contributed by atoms with van der Waals surface area (Å²) in [6, 6.07) is 6.87. The molecule has 1 aromatic carbocycles. The monoisotopic (exact) mass is 419 g/mol. The summed E-state index contributed by atoms with van der Waals surface area (Å²) in [5.74, 6) is 0.949. The fourth-order valence-corrected chi connectivity index (χ4v) is 4.12. The number of benzene rings is 1. The molecule has 158 valence electrons. The minimum atomic E-state index is -0.219. The smallest absolute Gasteiger partial charge is 0.191 e. The van der Waals surface area contributed by atoms with E-state index in [0.717, 1.165) is 35.3 Å². The van der Waals surface area contributed by atoms with Gasteiger partial charge in [0, 0.05) is 38.0 Å². The normalized spacial score (nSPS) is 16.8. The van der Waals surface area contributed by atoms with E-state index in [4.69, 9.17) is 4.74 Å². The van der Waals surface area contributed by atoms with Crippen molar-refractivity contribution < 1.29 is 9.13 Å². The summed E-state index contributed by atoms with van der Waals surface area (Å²) in [6.45, 7) is 8.73. The molecule has 2 N–H and O–H groups in total. The van der Waals surface area contributed by atoms with Crippen LogP contribution in [0.3, 0.4) is 0 Å². The molecule has 3 rings (SSSR count). The lowest BCUT2D eigenvalue weighted by molar-refractivity contribution is 0.0170. The maximum Gasteiger partial charge on any atom is 0.191 e. The highest BCUT2D eigenvalue weighted by atomic mass is 32.1. The first-order valence-electron chi connectivity index (χ1n) is 10.0. The molecule has 0 spiro atoms. The molecule has 0 bridgehead atoms. The van der Waals surface area contributed by atoms with Gasteiger partial charge in [-0.15, -0.1) is 11.3 Å². The van der Waals surface area contributed by atoms with Gasteiger partial charge in [0.05, 0.1) is 36.5 Å². The molecule has 0 amide bonds. The molecule has 8 heteroatoms. The van der Waals surface area contributed by atoms with Gasteiger partial charge in [-0.05, 0) is 17.7 Å². The molecule has 1 atom stereocenters. The second-order valence-corrected chi connectivity index (χ2v) is 8.24. The summed E-state index contributed by atoms with van der Waals surface area (Å²) in [5, 5.41) is 9.99. The average Bonchev–Trinajstić information content (AvgIpc) is 3.22. The van der Waals surface area contributed by atoms with E-state index in [1.165, 1.54) is 12.1 Å². The Morgan fingerprint density at radius 2 is 1.97 bits per heavy atom. The number of aromatic nitrogens is 1. The lowest BCUT2D eigenvalue weighted by Crippen LogP contribution is -2.46. The minimum absolute atomic E-state index is 0.116. The zero-order valence-electron chi connectivity index (χ0n) is 17.3. The van der Waals surface area contributed by atoms with E-state index in [2.05, 4.69) is 44.7 Å². The number of ether oxygens (including phenoxy) is 1. The Morgan fingerprint density at radius 3 is 2.59 bits per heavy atom. The van der Waals surface area contributed by atoms with Crippen LogP contribution in [0.1, 0.15) is 42.1 Å². The lowest BCUT2D eigenvalue weighted by Gasteiger charge is -2.35. The van der Waals surface area contributed by atoms with Crippen LogP contribution in [-0.2, 0) is 11.3 Å². The number of morpholine rings is 1. The predicted octanol–water partition coefficient (Wildman–Crippen LogP) is 3.14. The van der Waals surface area contributed by atoms with E-state index in [9.17, 15) is 4.39 Å². The molecule has 1 saturated heterocycles. The van der Waals surface area contributed by atoms with E-state index in [-0.39, 0.29) is 11.9 Å². The van der Waals surface area contributed by atoms with Gasteiger partial charge < -0.3 is 15.4 Å². The minimum Gasteiger partial charge on any atom is -0.379 e. The summed E-state index contributed by atoms with van der Waals surface area (Å²) >= 11 is 1.69. The van der Waals surface area contributed by atoms with Crippen LogP contribution in [0.5, 0.6) is 0 Å². The molecule has 6 nitrogen and oxygen atoms in total. The largest absolute Gasteiger partial charge is 0.379 e. The quantitative estimate of drug-likeness (QED) is 0.533. The van der Waals surface area contributed by atoms with Crippen molar-refractivity contribution in [2.24, 2.45) is 4.99 Å². The maximum absolute atomic E-state index is 13.4. The number of guanidine groups is 1. The van der Waals surface area contributed by atoms with Crippen molar-refractivity contribution in [3.63, 3.8) is 0 Å². The van der Waals surface area contributed by atoms with E-state index < -0.39 is 0 Å². The second-order valence-electron chi connectivity index (χ2n) is 7.35. The van der Waals surface area contributed by atoms with Crippen molar-refractivity contribution in [1.82, 2.24) is 20.5 Å². The molecule has 1 unspecified atom stereocenters. The van der Waals surface area contributed by atoms with E-state index >= 15 is 0 Å². The number of halogens is 1. The van der Waals surface area contributed by atoms with Gasteiger partial charge in [0.25, 0.3) is 0 Å². The van der Waals surface area contributed by atoms with Gasteiger partial charge in [-0.25, -0.2) is 9.37 Å². The van der Waals surface area contributed by atoms with Crippen molar-refractivity contribution in [3.8, 4) is 0 Å². The van der Waals surface area contributed by atoms with Crippen molar-refractivity contribution in [2.75, 3.05) is 39.9 Å². The SMILES string of the molecule is CN=C(NCc1csc(C(C)C)n1)NCC(c1ccc(F)cc1)N1CCOCC1. The van der Waals surface area contributed by atoms with Crippen molar-refractivity contribution in [2.45, 2.75) is 32.4 Å². The third kappa shape index (κ3) is 6.22. The topological polar surface area (TPSA) is 61.8 Å². The molecule has 1 aliphatic heterocycles. The van der Waals surface area contributed by atoms with Crippen LogP contribution in [-0.4, -0.2) is 55.7 Å². The van der Waals surface area contributed by atoms with Crippen LogP contribution < -0.4 is 10.6 Å². The fraction of sp³-hybridized carbons (Fsp3) is 0.524. The molecular formula is C21H30FN5OS.